The normalized spacial score (nSPS) is 15.4. The second kappa shape index (κ2) is 7.38. The molecule has 0 radical (unpaired) electrons. The lowest BCUT2D eigenvalue weighted by atomic mass is 9.88. The van der Waals surface area contributed by atoms with Gasteiger partial charge in [-0.05, 0) is 36.5 Å². The Kier molecular flexibility index (Phi) is 5.01. The van der Waals surface area contributed by atoms with E-state index in [1.165, 1.54) is 0 Å². The first kappa shape index (κ1) is 17.6. The first-order chi connectivity index (χ1) is 12.5. The maximum atomic E-state index is 12.2. The molecule has 0 saturated heterocycles. The summed E-state index contributed by atoms with van der Waals surface area (Å²) in [5.74, 6) is -1.67. The van der Waals surface area contributed by atoms with Gasteiger partial charge in [-0.1, -0.05) is 42.5 Å². The molecular weight excluding hydrogens is 330 g/mol. The number of hydrogen-bond acceptors (Lipinski definition) is 4. The van der Waals surface area contributed by atoms with Crippen molar-refractivity contribution in [2.75, 3.05) is 11.9 Å². The van der Waals surface area contributed by atoms with Crippen LogP contribution in [-0.4, -0.2) is 23.5 Å². The van der Waals surface area contributed by atoms with Gasteiger partial charge in [0.15, 0.2) is 0 Å². The molecule has 2 aromatic carbocycles. The summed E-state index contributed by atoms with van der Waals surface area (Å²) in [6.45, 7) is -0.0478. The molecule has 0 heterocycles. The Labute approximate surface area is 151 Å². The van der Waals surface area contributed by atoms with Gasteiger partial charge in [0.1, 0.15) is 11.7 Å². The zero-order valence-electron chi connectivity index (χ0n) is 14.1. The molecule has 0 aromatic heterocycles. The summed E-state index contributed by atoms with van der Waals surface area (Å²) < 4.78 is 0. The van der Waals surface area contributed by atoms with Crippen LogP contribution < -0.4 is 10.6 Å². The van der Waals surface area contributed by atoms with Crippen molar-refractivity contribution in [2.24, 2.45) is 5.92 Å². The molecule has 3 N–H and O–H groups in total. The van der Waals surface area contributed by atoms with Crippen LogP contribution in [0.1, 0.15) is 24.0 Å². The van der Waals surface area contributed by atoms with E-state index in [1.54, 1.807) is 24.3 Å². The van der Waals surface area contributed by atoms with E-state index < -0.39 is 17.4 Å². The largest absolute Gasteiger partial charge is 0.383 e. The Bertz CT molecular complexity index is 856. The number of carbonyl (C=O) groups is 2. The first-order valence-corrected chi connectivity index (χ1v) is 8.41. The topological polar surface area (TPSA) is 102 Å². The summed E-state index contributed by atoms with van der Waals surface area (Å²) in [5, 5.41) is 25.0. The SMILES string of the molecule is N#Cc1ccccc1NC(=O)C(=O)NC[C@](O)(c1ccccc1)C1CC1. The van der Waals surface area contributed by atoms with Crippen molar-refractivity contribution in [1.82, 2.24) is 5.32 Å². The average molecular weight is 349 g/mol. The number of nitriles is 1. The maximum Gasteiger partial charge on any atom is 0.313 e. The Morgan fingerprint density at radius 1 is 1.08 bits per heavy atom. The van der Waals surface area contributed by atoms with Crippen LogP contribution in [0.25, 0.3) is 0 Å². The number of rotatable bonds is 5. The minimum absolute atomic E-state index is 0.0478. The molecule has 1 aliphatic carbocycles. The number of hydrogen-bond donors (Lipinski definition) is 3. The maximum absolute atomic E-state index is 12.2. The molecule has 2 amide bonds. The summed E-state index contributed by atoms with van der Waals surface area (Å²) in [6.07, 6.45) is 1.76. The van der Waals surface area contributed by atoms with Crippen molar-refractivity contribution in [1.29, 1.82) is 5.26 Å². The monoisotopic (exact) mass is 349 g/mol. The second-order valence-corrected chi connectivity index (χ2v) is 6.36. The number of nitrogens with zero attached hydrogens (tertiary/aromatic N) is 1. The summed E-state index contributed by atoms with van der Waals surface area (Å²) in [5.41, 5.74) is 0.0722. The molecule has 1 saturated carbocycles. The van der Waals surface area contributed by atoms with Crippen molar-refractivity contribution in [3.8, 4) is 6.07 Å². The van der Waals surface area contributed by atoms with Gasteiger partial charge < -0.3 is 15.7 Å². The van der Waals surface area contributed by atoms with Crippen LogP contribution in [0.2, 0.25) is 0 Å². The predicted molar refractivity (Wildman–Crippen MR) is 95.9 cm³/mol. The molecule has 0 unspecified atom stereocenters. The molecule has 0 bridgehead atoms. The zero-order valence-corrected chi connectivity index (χ0v) is 14.1. The van der Waals surface area contributed by atoms with Crippen molar-refractivity contribution >= 4 is 17.5 Å². The van der Waals surface area contributed by atoms with E-state index in [2.05, 4.69) is 10.6 Å². The average Bonchev–Trinajstić information content (AvgIpc) is 3.52. The van der Waals surface area contributed by atoms with Gasteiger partial charge in [-0.2, -0.15) is 5.26 Å². The van der Waals surface area contributed by atoms with Gasteiger partial charge >= 0.3 is 11.8 Å². The van der Waals surface area contributed by atoms with Gasteiger partial charge in [-0.15, -0.1) is 0 Å². The fourth-order valence-electron chi connectivity index (χ4n) is 2.93. The van der Waals surface area contributed by atoms with Gasteiger partial charge in [0, 0.05) is 0 Å². The highest BCUT2D eigenvalue weighted by Gasteiger charge is 2.45. The molecule has 1 fully saturated rings. The van der Waals surface area contributed by atoms with Crippen LogP contribution >= 0.6 is 0 Å². The van der Waals surface area contributed by atoms with E-state index in [0.29, 0.717) is 0 Å². The van der Waals surface area contributed by atoms with Crippen molar-refractivity contribution in [2.45, 2.75) is 18.4 Å². The second-order valence-electron chi connectivity index (χ2n) is 6.36. The highest BCUT2D eigenvalue weighted by molar-refractivity contribution is 6.39. The lowest BCUT2D eigenvalue weighted by molar-refractivity contribution is -0.137. The van der Waals surface area contributed by atoms with E-state index in [1.807, 2.05) is 36.4 Å². The third-order valence-corrected chi connectivity index (χ3v) is 4.55. The highest BCUT2D eigenvalue weighted by atomic mass is 16.3. The van der Waals surface area contributed by atoms with Gasteiger partial charge in [-0.25, -0.2) is 0 Å². The zero-order chi connectivity index (χ0) is 18.6. The molecule has 6 nitrogen and oxygen atoms in total. The Balaban J connectivity index is 1.66. The summed E-state index contributed by atoms with van der Waals surface area (Å²) in [4.78, 5) is 24.3. The Hall–Kier alpha value is -3.17. The van der Waals surface area contributed by atoms with Gasteiger partial charge in [0.2, 0.25) is 0 Å². The summed E-state index contributed by atoms with van der Waals surface area (Å²) in [6, 6.07) is 17.5. The van der Waals surface area contributed by atoms with E-state index in [0.717, 1.165) is 18.4 Å². The van der Waals surface area contributed by atoms with Crippen LogP contribution in [0.4, 0.5) is 5.69 Å². The predicted octanol–water partition coefficient (Wildman–Crippen LogP) is 1.91. The summed E-state index contributed by atoms with van der Waals surface area (Å²) >= 11 is 0. The minimum atomic E-state index is -1.19. The fourth-order valence-corrected chi connectivity index (χ4v) is 2.93. The quantitative estimate of drug-likeness (QED) is 0.718. The lowest BCUT2D eigenvalue weighted by Crippen LogP contribution is -2.45. The van der Waals surface area contributed by atoms with Crippen LogP contribution in [0.3, 0.4) is 0 Å². The third kappa shape index (κ3) is 3.73. The molecular formula is C20H19N3O3. The highest BCUT2D eigenvalue weighted by Crippen LogP contribution is 2.45. The van der Waals surface area contributed by atoms with Crippen LogP contribution in [-0.2, 0) is 15.2 Å². The first-order valence-electron chi connectivity index (χ1n) is 8.41. The molecule has 0 aliphatic heterocycles. The molecule has 132 valence electrons. The van der Waals surface area contributed by atoms with Gasteiger partial charge in [0.25, 0.3) is 0 Å². The Morgan fingerprint density at radius 3 is 2.38 bits per heavy atom. The lowest BCUT2D eigenvalue weighted by Gasteiger charge is -2.29. The van der Waals surface area contributed by atoms with E-state index in [9.17, 15) is 14.7 Å². The number of benzene rings is 2. The summed E-state index contributed by atoms with van der Waals surface area (Å²) in [7, 11) is 0. The van der Waals surface area contributed by atoms with Crippen LogP contribution in [0.15, 0.2) is 54.6 Å². The van der Waals surface area contributed by atoms with Crippen molar-refractivity contribution in [3.05, 3.63) is 65.7 Å². The number of amides is 2. The molecule has 0 spiro atoms. The molecule has 6 heteroatoms. The molecule has 26 heavy (non-hydrogen) atoms. The van der Waals surface area contributed by atoms with Crippen LogP contribution in [0.5, 0.6) is 0 Å². The van der Waals surface area contributed by atoms with E-state index in [4.69, 9.17) is 5.26 Å². The molecule has 1 atom stereocenters. The number of anilines is 1. The fraction of sp³-hybridized carbons (Fsp3) is 0.250. The Morgan fingerprint density at radius 2 is 1.73 bits per heavy atom. The van der Waals surface area contributed by atoms with Crippen LogP contribution in [0, 0.1) is 17.2 Å². The van der Waals surface area contributed by atoms with E-state index in [-0.39, 0.29) is 23.7 Å². The van der Waals surface area contributed by atoms with Crippen molar-refractivity contribution < 1.29 is 14.7 Å². The van der Waals surface area contributed by atoms with Crippen molar-refractivity contribution in [3.63, 3.8) is 0 Å². The smallest absolute Gasteiger partial charge is 0.313 e. The van der Waals surface area contributed by atoms with Gasteiger partial charge in [0.05, 0.1) is 17.8 Å². The minimum Gasteiger partial charge on any atom is -0.383 e. The molecule has 3 rings (SSSR count). The molecule has 2 aromatic rings. The number of aliphatic hydroxyl groups is 1. The van der Waals surface area contributed by atoms with E-state index >= 15 is 0 Å². The molecule has 1 aliphatic rings. The third-order valence-electron chi connectivity index (χ3n) is 4.55. The number of nitrogens with one attached hydrogen (secondary N) is 2. The number of carbonyl (C=O) groups excluding carboxylic acids is 2. The standard InChI is InChI=1S/C20H19N3O3/c21-12-14-6-4-5-9-17(14)23-19(25)18(24)22-13-20(26,16-10-11-16)15-7-2-1-3-8-15/h1-9,16,26H,10-11,13H2,(H,22,24)(H,23,25)/t20-/m0/s1. The van der Waals surface area contributed by atoms with Gasteiger partial charge in [-0.3, -0.25) is 9.59 Å². The number of para-hydroxylation sites is 1.